The third-order valence-corrected chi connectivity index (χ3v) is 6.58. The number of methoxy groups -OCH3 is 2. The zero-order chi connectivity index (χ0) is 26.7. The Balaban J connectivity index is 1.67. The molecule has 1 aliphatic rings. The molecule has 194 valence electrons. The van der Waals surface area contributed by atoms with E-state index < -0.39 is 17.7 Å². The van der Waals surface area contributed by atoms with Crippen LogP contribution in [0.3, 0.4) is 0 Å². The minimum absolute atomic E-state index is 0.00129. The zero-order valence-electron chi connectivity index (χ0n) is 20.6. The molecule has 1 unspecified atom stereocenters. The standard InChI is InChI=1S/C28H27F3N2O4/c1-16-21(10-17-11-24(36-2)27(35)25(12-17)37-3)20-8-7-18(28(29,30)31)13-23(20)22(16)14-26(34)33-15-19-6-4-5-9-32-19/h4-9,11-13,22,35H,10,14-15H2,1-3H3,(H,33,34). The summed E-state index contributed by atoms with van der Waals surface area (Å²) in [6, 6.07) is 12.4. The van der Waals surface area contributed by atoms with Crippen molar-refractivity contribution in [1.29, 1.82) is 0 Å². The number of hydrogen-bond donors (Lipinski definition) is 2. The van der Waals surface area contributed by atoms with Crippen LogP contribution in [0.1, 0.15) is 47.2 Å². The highest BCUT2D eigenvalue weighted by Crippen LogP contribution is 2.47. The lowest BCUT2D eigenvalue weighted by molar-refractivity contribution is -0.137. The van der Waals surface area contributed by atoms with Crippen molar-refractivity contribution >= 4 is 11.5 Å². The molecular weight excluding hydrogens is 485 g/mol. The second-order valence-electron chi connectivity index (χ2n) is 8.84. The van der Waals surface area contributed by atoms with E-state index in [4.69, 9.17) is 9.47 Å². The Hall–Kier alpha value is -4.01. The Morgan fingerprint density at radius 2 is 1.78 bits per heavy atom. The van der Waals surface area contributed by atoms with Crippen LogP contribution in [0.25, 0.3) is 5.57 Å². The molecule has 0 fully saturated rings. The predicted octanol–water partition coefficient (Wildman–Crippen LogP) is 5.64. The number of fused-ring (bicyclic) bond motifs is 1. The minimum atomic E-state index is -4.50. The Bertz CT molecular complexity index is 1310. The largest absolute Gasteiger partial charge is 0.502 e. The van der Waals surface area contributed by atoms with Gasteiger partial charge in [-0.15, -0.1) is 0 Å². The summed E-state index contributed by atoms with van der Waals surface area (Å²) in [5.74, 6) is -0.486. The smallest absolute Gasteiger partial charge is 0.416 e. The highest BCUT2D eigenvalue weighted by Gasteiger charge is 2.36. The minimum Gasteiger partial charge on any atom is -0.502 e. The van der Waals surface area contributed by atoms with E-state index in [1.54, 1.807) is 30.5 Å². The number of phenolic OH excluding ortho intramolecular Hbond substituents is 1. The average Bonchev–Trinajstić information content (AvgIpc) is 3.13. The highest BCUT2D eigenvalue weighted by molar-refractivity contribution is 5.84. The number of hydrogen-bond acceptors (Lipinski definition) is 5. The van der Waals surface area contributed by atoms with Crippen LogP contribution in [0.2, 0.25) is 0 Å². The van der Waals surface area contributed by atoms with E-state index in [1.165, 1.54) is 20.3 Å². The van der Waals surface area contributed by atoms with E-state index in [0.29, 0.717) is 23.2 Å². The molecule has 2 N–H and O–H groups in total. The SMILES string of the molecule is COc1cc(CC2=C(C)C(CC(=O)NCc3ccccn3)c3cc(C(F)(F)F)ccc32)cc(OC)c1O. The lowest BCUT2D eigenvalue weighted by Gasteiger charge is -2.16. The average molecular weight is 513 g/mol. The number of rotatable bonds is 8. The fraction of sp³-hybridized carbons (Fsp3) is 0.286. The molecule has 0 saturated heterocycles. The molecule has 0 spiro atoms. The molecule has 1 atom stereocenters. The van der Waals surface area contributed by atoms with Gasteiger partial charge >= 0.3 is 6.18 Å². The molecule has 6 nitrogen and oxygen atoms in total. The van der Waals surface area contributed by atoms with E-state index >= 15 is 0 Å². The van der Waals surface area contributed by atoms with Crippen LogP contribution in [0, 0.1) is 0 Å². The monoisotopic (exact) mass is 512 g/mol. The second-order valence-corrected chi connectivity index (χ2v) is 8.84. The van der Waals surface area contributed by atoms with Crippen molar-refractivity contribution in [3.63, 3.8) is 0 Å². The maximum Gasteiger partial charge on any atom is 0.416 e. The van der Waals surface area contributed by atoms with E-state index in [0.717, 1.165) is 28.8 Å². The molecule has 9 heteroatoms. The Morgan fingerprint density at radius 3 is 2.38 bits per heavy atom. The summed E-state index contributed by atoms with van der Waals surface area (Å²) in [7, 11) is 2.85. The molecule has 3 aromatic rings. The van der Waals surface area contributed by atoms with Gasteiger partial charge in [0.2, 0.25) is 11.7 Å². The van der Waals surface area contributed by atoms with Crippen LogP contribution < -0.4 is 14.8 Å². The molecule has 1 amide bonds. The van der Waals surface area contributed by atoms with Crippen molar-refractivity contribution in [2.45, 2.75) is 38.4 Å². The molecule has 0 saturated carbocycles. The van der Waals surface area contributed by atoms with Crippen molar-refractivity contribution in [2.75, 3.05) is 14.2 Å². The van der Waals surface area contributed by atoms with Gasteiger partial charge in [0.25, 0.3) is 0 Å². The number of aromatic nitrogens is 1. The van der Waals surface area contributed by atoms with Gasteiger partial charge < -0.3 is 19.9 Å². The maximum atomic E-state index is 13.5. The summed E-state index contributed by atoms with van der Waals surface area (Å²) in [4.78, 5) is 17.0. The number of carbonyl (C=O) groups excluding carboxylic acids is 1. The van der Waals surface area contributed by atoms with Gasteiger partial charge in [-0.25, -0.2) is 0 Å². The third kappa shape index (κ3) is 5.55. The highest BCUT2D eigenvalue weighted by atomic mass is 19.4. The fourth-order valence-corrected chi connectivity index (χ4v) is 4.66. The van der Waals surface area contributed by atoms with Gasteiger partial charge in [0.1, 0.15) is 0 Å². The lowest BCUT2D eigenvalue weighted by atomic mass is 9.91. The Morgan fingerprint density at radius 1 is 1.08 bits per heavy atom. The number of amides is 1. The normalized spacial score (nSPS) is 14.9. The first-order valence-electron chi connectivity index (χ1n) is 11.6. The molecule has 0 bridgehead atoms. The van der Waals surface area contributed by atoms with Crippen molar-refractivity contribution < 1.29 is 32.5 Å². The van der Waals surface area contributed by atoms with Gasteiger partial charge in [0.15, 0.2) is 11.5 Å². The van der Waals surface area contributed by atoms with E-state index in [1.807, 2.05) is 13.0 Å². The van der Waals surface area contributed by atoms with Gasteiger partial charge in [-0.05, 0) is 72.0 Å². The quantitative estimate of drug-likeness (QED) is 0.408. The van der Waals surface area contributed by atoms with Crippen LogP contribution in [0.5, 0.6) is 17.2 Å². The van der Waals surface area contributed by atoms with Crippen LogP contribution in [0.4, 0.5) is 13.2 Å². The zero-order valence-corrected chi connectivity index (χ0v) is 20.6. The molecule has 1 aromatic heterocycles. The van der Waals surface area contributed by atoms with Gasteiger partial charge in [-0.1, -0.05) is 17.7 Å². The third-order valence-electron chi connectivity index (χ3n) is 6.58. The van der Waals surface area contributed by atoms with Gasteiger partial charge in [0, 0.05) is 18.5 Å². The summed E-state index contributed by atoms with van der Waals surface area (Å²) in [5, 5.41) is 13.1. The number of benzene rings is 2. The van der Waals surface area contributed by atoms with Crippen LogP contribution >= 0.6 is 0 Å². The van der Waals surface area contributed by atoms with E-state index in [9.17, 15) is 23.1 Å². The van der Waals surface area contributed by atoms with Crippen LogP contribution in [0.15, 0.2) is 60.3 Å². The summed E-state index contributed by atoms with van der Waals surface area (Å²) in [6.45, 7) is 2.07. The maximum absolute atomic E-state index is 13.5. The molecule has 1 aliphatic carbocycles. The summed E-state index contributed by atoms with van der Waals surface area (Å²) >= 11 is 0. The van der Waals surface area contributed by atoms with E-state index in [2.05, 4.69) is 10.3 Å². The number of alkyl halides is 3. The number of pyridine rings is 1. The van der Waals surface area contributed by atoms with Crippen molar-refractivity contribution in [3.8, 4) is 17.2 Å². The van der Waals surface area contributed by atoms with Gasteiger partial charge in [0.05, 0.1) is 32.0 Å². The topological polar surface area (TPSA) is 80.7 Å². The number of ether oxygens (including phenoxy) is 2. The number of aromatic hydroxyl groups is 1. The molecule has 4 rings (SSSR count). The molecule has 1 heterocycles. The molecule has 37 heavy (non-hydrogen) atoms. The first-order valence-corrected chi connectivity index (χ1v) is 11.6. The number of halogens is 3. The number of phenols is 1. The number of nitrogens with zero attached hydrogens (tertiary/aromatic N) is 1. The van der Waals surface area contributed by atoms with Crippen LogP contribution in [-0.2, 0) is 23.9 Å². The van der Waals surface area contributed by atoms with E-state index in [-0.39, 0.29) is 36.1 Å². The molecule has 2 aromatic carbocycles. The number of nitrogens with one attached hydrogen (secondary N) is 1. The van der Waals surface area contributed by atoms with Gasteiger partial charge in [-0.3, -0.25) is 9.78 Å². The fourth-order valence-electron chi connectivity index (χ4n) is 4.66. The summed E-state index contributed by atoms with van der Waals surface area (Å²) in [5.41, 5.74) is 3.44. The lowest BCUT2D eigenvalue weighted by Crippen LogP contribution is -2.25. The first kappa shape index (κ1) is 26.1. The molecule has 0 aliphatic heterocycles. The second kappa shape index (κ2) is 10.5. The molecule has 0 radical (unpaired) electrons. The summed E-state index contributed by atoms with van der Waals surface area (Å²) < 4.78 is 51.1. The number of carbonyl (C=O) groups is 1. The first-order chi connectivity index (χ1) is 17.6. The molecular formula is C28H27F3N2O4. The van der Waals surface area contributed by atoms with Crippen LogP contribution in [-0.4, -0.2) is 30.2 Å². The van der Waals surface area contributed by atoms with Crippen molar-refractivity contribution in [1.82, 2.24) is 10.3 Å². The Labute approximate surface area is 212 Å². The van der Waals surface area contributed by atoms with Gasteiger partial charge in [-0.2, -0.15) is 13.2 Å². The predicted molar refractivity (Wildman–Crippen MR) is 132 cm³/mol. The summed E-state index contributed by atoms with van der Waals surface area (Å²) in [6.07, 6.45) is -2.53. The Kier molecular flexibility index (Phi) is 7.42. The van der Waals surface area contributed by atoms with Crippen molar-refractivity contribution in [2.24, 2.45) is 0 Å². The number of allylic oxidation sites excluding steroid dienone is 2. The van der Waals surface area contributed by atoms with Crippen molar-refractivity contribution in [3.05, 3.63) is 88.2 Å².